The Morgan fingerprint density at radius 3 is 2.16 bits per heavy atom. The van der Waals surface area contributed by atoms with Gasteiger partial charge in [-0.2, -0.15) is 0 Å². The molecule has 2 aromatic carbocycles. The third-order valence-corrected chi connectivity index (χ3v) is 3.13. The molecular formula is C16H14BrNO. The molecular weight excluding hydrogens is 302 g/mol. The van der Waals surface area contributed by atoms with E-state index in [0.29, 0.717) is 5.90 Å². The molecule has 0 aliphatic heterocycles. The molecule has 0 N–H and O–H groups in total. The molecule has 0 spiro atoms. The number of para-hydroxylation sites is 2. The van der Waals surface area contributed by atoms with E-state index in [0.717, 1.165) is 17.0 Å². The molecule has 3 heteroatoms. The summed E-state index contributed by atoms with van der Waals surface area (Å²) in [6.45, 7) is 1.94. The summed E-state index contributed by atoms with van der Waals surface area (Å²) >= 11 is 3.32. The van der Waals surface area contributed by atoms with Gasteiger partial charge in [-0.05, 0) is 36.2 Å². The minimum Gasteiger partial charge on any atom is -0.439 e. The number of rotatable bonds is 3. The molecule has 2 nitrogen and oxygen atoms in total. The topological polar surface area (TPSA) is 21.6 Å². The van der Waals surface area contributed by atoms with Gasteiger partial charge < -0.3 is 4.74 Å². The van der Waals surface area contributed by atoms with E-state index in [2.05, 4.69) is 20.9 Å². The number of hydrogen-bond donors (Lipinski definition) is 0. The first-order chi connectivity index (χ1) is 9.29. The van der Waals surface area contributed by atoms with Crippen LogP contribution in [0.3, 0.4) is 0 Å². The Bertz CT molecular complexity index is 576. The molecule has 0 radical (unpaired) electrons. The Morgan fingerprint density at radius 1 is 1.00 bits per heavy atom. The second-order valence-corrected chi connectivity index (χ2v) is 4.42. The van der Waals surface area contributed by atoms with E-state index in [1.165, 1.54) is 0 Å². The van der Waals surface area contributed by atoms with E-state index in [1.807, 2.05) is 67.6 Å². The van der Waals surface area contributed by atoms with Gasteiger partial charge in [0, 0.05) is 5.57 Å². The van der Waals surface area contributed by atoms with E-state index in [9.17, 15) is 0 Å². The SMILES string of the molecule is CC(=CBr)/C(=N\c1ccccc1)Oc1ccccc1. The Kier molecular flexibility index (Phi) is 4.93. The van der Waals surface area contributed by atoms with Crippen LogP contribution in [0.1, 0.15) is 6.92 Å². The monoisotopic (exact) mass is 315 g/mol. The molecule has 0 aliphatic carbocycles. The van der Waals surface area contributed by atoms with Crippen molar-refractivity contribution in [3.63, 3.8) is 0 Å². The molecule has 0 fully saturated rings. The summed E-state index contributed by atoms with van der Waals surface area (Å²) in [6.07, 6.45) is 0. The van der Waals surface area contributed by atoms with E-state index < -0.39 is 0 Å². The molecule has 0 aromatic heterocycles. The summed E-state index contributed by atoms with van der Waals surface area (Å²) in [6, 6.07) is 19.4. The van der Waals surface area contributed by atoms with Crippen LogP contribution in [0.5, 0.6) is 5.75 Å². The lowest BCUT2D eigenvalue weighted by Gasteiger charge is -2.09. The average Bonchev–Trinajstić information content (AvgIpc) is 2.48. The number of hydrogen-bond acceptors (Lipinski definition) is 2. The zero-order valence-electron chi connectivity index (χ0n) is 10.6. The third-order valence-electron chi connectivity index (χ3n) is 2.45. The van der Waals surface area contributed by atoms with Crippen LogP contribution >= 0.6 is 15.9 Å². The van der Waals surface area contributed by atoms with E-state index in [-0.39, 0.29) is 0 Å². The molecule has 2 rings (SSSR count). The van der Waals surface area contributed by atoms with Gasteiger partial charge in [-0.25, -0.2) is 4.99 Å². The maximum atomic E-state index is 5.82. The number of halogens is 1. The van der Waals surface area contributed by atoms with Gasteiger partial charge in [0.25, 0.3) is 0 Å². The van der Waals surface area contributed by atoms with Crippen molar-refractivity contribution in [3.8, 4) is 5.75 Å². The van der Waals surface area contributed by atoms with Crippen LogP contribution in [0.2, 0.25) is 0 Å². The predicted molar refractivity (Wildman–Crippen MR) is 83.3 cm³/mol. The average molecular weight is 316 g/mol. The number of aliphatic imine (C=N–C) groups is 1. The van der Waals surface area contributed by atoms with Crippen LogP contribution < -0.4 is 4.74 Å². The van der Waals surface area contributed by atoms with E-state index in [1.54, 1.807) is 4.99 Å². The molecule has 0 saturated carbocycles. The fourth-order valence-electron chi connectivity index (χ4n) is 1.46. The largest absolute Gasteiger partial charge is 0.439 e. The number of nitrogens with zero attached hydrogens (tertiary/aromatic N) is 1. The van der Waals surface area contributed by atoms with Crippen LogP contribution in [0, 0.1) is 0 Å². The van der Waals surface area contributed by atoms with Crippen molar-refractivity contribution in [1.29, 1.82) is 0 Å². The van der Waals surface area contributed by atoms with Crippen LogP contribution in [-0.2, 0) is 0 Å². The molecule has 0 amide bonds. The Balaban J connectivity index is 2.30. The summed E-state index contributed by atoms with van der Waals surface area (Å²) in [5.41, 5.74) is 1.79. The maximum Gasteiger partial charge on any atom is 0.223 e. The van der Waals surface area contributed by atoms with Crippen molar-refractivity contribution in [2.75, 3.05) is 0 Å². The molecule has 0 bridgehead atoms. The van der Waals surface area contributed by atoms with Crippen molar-refractivity contribution < 1.29 is 4.74 Å². The second kappa shape index (κ2) is 6.90. The lowest BCUT2D eigenvalue weighted by atomic mass is 10.3. The van der Waals surface area contributed by atoms with Crippen LogP contribution in [-0.4, -0.2) is 5.90 Å². The van der Waals surface area contributed by atoms with Crippen LogP contribution in [0.4, 0.5) is 5.69 Å². The molecule has 0 atom stereocenters. The highest BCUT2D eigenvalue weighted by atomic mass is 79.9. The molecule has 19 heavy (non-hydrogen) atoms. The lowest BCUT2D eigenvalue weighted by Crippen LogP contribution is -2.09. The van der Waals surface area contributed by atoms with Gasteiger partial charge in [-0.1, -0.05) is 52.3 Å². The molecule has 96 valence electrons. The van der Waals surface area contributed by atoms with Crippen molar-refractivity contribution in [3.05, 3.63) is 71.2 Å². The Morgan fingerprint density at radius 2 is 1.58 bits per heavy atom. The predicted octanol–water partition coefficient (Wildman–Crippen LogP) is 5.09. The third kappa shape index (κ3) is 4.07. The first-order valence-corrected chi connectivity index (χ1v) is 6.85. The van der Waals surface area contributed by atoms with E-state index in [4.69, 9.17) is 4.74 Å². The summed E-state index contributed by atoms with van der Waals surface area (Å²) in [5.74, 6) is 1.35. The first-order valence-electron chi connectivity index (χ1n) is 5.93. The van der Waals surface area contributed by atoms with E-state index >= 15 is 0 Å². The smallest absolute Gasteiger partial charge is 0.223 e. The Hall–Kier alpha value is -1.87. The Labute approximate surface area is 121 Å². The minimum absolute atomic E-state index is 0.578. The molecule has 0 saturated heterocycles. The highest BCUT2D eigenvalue weighted by Gasteiger charge is 2.05. The summed E-state index contributed by atoms with van der Waals surface area (Å²) in [4.78, 5) is 6.32. The zero-order chi connectivity index (χ0) is 13.5. The minimum atomic E-state index is 0.578. The van der Waals surface area contributed by atoms with Gasteiger partial charge in [-0.15, -0.1) is 0 Å². The standard InChI is InChI=1S/C16H14BrNO/c1-13(12-17)16(18-14-8-4-2-5-9-14)19-15-10-6-3-7-11-15/h2-12H,1H3/b13-12?,18-16+. The second-order valence-electron chi connectivity index (χ2n) is 3.96. The van der Waals surface area contributed by atoms with Crippen LogP contribution in [0.15, 0.2) is 76.2 Å². The van der Waals surface area contributed by atoms with Gasteiger partial charge in [0.1, 0.15) is 5.75 Å². The molecule has 0 unspecified atom stereocenters. The van der Waals surface area contributed by atoms with Crippen molar-refractivity contribution in [1.82, 2.24) is 0 Å². The lowest BCUT2D eigenvalue weighted by molar-refractivity contribution is 0.551. The number of benzene rings is 2. The highest BCUT2D eigenvalue weighted by molar-refractivity contribution is 9.11. The summed E-state index contributed by atoms with van der Waals surface area (Å²) < 4.78 is 5.82. The van der Waals surface area contributed by atoms with Gasteiger partial charge in [0.15, 0.2) is 0 Å². The highest BCUT2D eigenvalue weighted by Crippen LogP contribution is 2.17. The zero-order valence-corrected chi connectivity index (χ0v) is 12.2. The molecule has 0 heterocycles. The fourth-order valence-corrected chi connectivity index (χ4v) is 1.65. The van der Waals surface area contributed by atoms with Crippen molar-refractivity contribution >= 4 is 27.5 Å². The summed E-state index contributed by atoms with van der Waals surface area (Å²) in [7, 11) is 0. The van der Waals surface area contributed by atoms with Crippen LogP contribution in [0.25, 0.3) is 0 Å². The quantitative estimate of drug-likeness (QED) is 0.570. The molecule has 0 aliphatic rings. The van der Waals surface area contributed by atoms with Crippen molar-refractivity contribution in [2.24, 2.45) is 4.99 Å². The first kappa shape index (κ1) is 13.6. The fraction of sp³-hybridized carbons (Fsp3) is 0.0625. The van der Waals surface area contributed by atoms with Gasteiger partial charge in [-0.3, -0.25) is 0 Å². The normalized spacial score (nSPS) is 12.3. The maximum absolute atomic E-state index is 5.82. The van der Waals surface area contributed by atoms with Gasteiger partial charge in [0.05, 0.1) is 5.69 Å². The van der Waals surface area contributed by atoms with Gasteiger partial charge in [0.2, 0.25) is 5.90 Å². The number of ether oxygens (including phenoxy) is 1. The van der Waals surface area contributed by atoms with Crippen molar-refractivity contribution in [2.45, 2.75) is 6.92 Å². The molecule has 2 aromatic rings. The summed E-state index contributed by atoms with van der Waals surface area (Å²) in [5, 5.41) is 0. The van der Waals surface area contributed by atoms with Gasteiger partial charge >= 0.3 is 0 Å².